The first-order valence-corrected chi connectivity index (χ1v) is 8.04. The van der Waals surface area contributed by atoms with Gasteiger partial charge < -0.3 is 15.2 Å². The summed E-state index contributed by atoms with van der Waals surface area (Å²) in [5.74, 6) is 1.32. The molecule has 1 amide bonds. The van der Waals surface area contributed by atoms with Crippen molar-refractivity contribution in [1.82, 2.24) is 20.2 Å². The molecule has 1 fully saturated rings. The molecular weight excluding hydrogens is 335 g/mol. The molecule has 2 aliphatic heterocycles. The standard InChI is InChI=1S/C16H26N4O.2ClH/c1-16(2,3)13-10-20-9-11(6-7-14(20)19-13)18-15(21)12-5-4-8-17-12;;/h10-12,17H,4-9H2,1-3H3,(H,18,21);2*1H. The van der Waals surface area contributed by atoms with Crippen LogP contribution in [-0.2, 0) is 23.2 Å². The average molecular weight is 363 g/mol. The first-order valence-electron chi connectivity index (χ1n) is 8.04. The number of carbonyl (C=O) groups excluding carboxylic acids is 1. The summed E-state index contributed by atoms with van der Waals surface area (Å²) in [7, 11) is 0. The number of fused-ring (bicyclic) bond motifs is 1. The third kappa shape index (κ3) is 4.61. The average Bonchev–Trinajstić information content (AvgIpc) is 3.06. The summed E-state index contributed by atoms with van der Waals surface area (Å²) < 4.78 is 2.22. The number of hydrogen-bond acceptors (Lipinski definition) is 3. The molecule has 2 aliphatic rings. The number of carbonyl (C=O) groups is 1. The second-order valence-corrected chi connectivity index (χ2v) is 7.34. The van der Waals surface area contributed by atoms with Gasteiger partial charge in [0.25, 0.3) is 0 Å². The van der Waals surface area contributed by atoms with Crippen molar-refractivity contribution >= 4 is 30.7 Å². The van der Waals surface area contributed by atoms with Crippen LogP contribution in [0, 0.1) is 0 Å². The molecule has 0 aliphatic carbocycles. The second-order valence-electron chi connectivity index (χ2n) is 7.34. The normalized spacial score (nSPS) is 23.4. The van der Waals surface area contributed by atoms with Crippen LogP contribution in [0.4, 0.5) is 0 Å². The van der Waals surface area contributed by atoms with Crippen molar-refractivity contribution in [1.29, 1.82) is 0 Å². The number of halogens is 2. The van der Waals surface area contributed by atoms with Crippen LogP contribution < -0.4 is 10.6 Å². The summed E-state index contributed by atoms with van der Waals surface area (Å²) in [5.41, 5.74) is 1.22. The van der Waals surface area contributed by atoms with Crippen molar-refractivity contribution in [2.75, 3.05) is 6.54 Å². The molecule has 1 saturated heterocycles. The molecule has 5 nitrogen and oxygen atoms in total. The van der Waals surface area contributed by atoms with Crippen LogP contribution in [0.1, 0.15) is 51.6 Å². The Balaban J connectivity index is 0.00000132. The van der Waals surface area contributed by atoms with Crippen LogP contribution in [-0.4, -0.2) is 34.1 Å². The molecule has 0 aromatic carbocycles. The highest BCUT2D eigenvalue weighted by molar-refractivity contribution is 5.85. The Morgan fingerprint density at radius 2 is 2.09 bits per heavy atom. The molecule has 3 rings (SSSR count). The van der Waals surface area contributed by atoms with Gasteiger partial charge in [-0.3, -0.25) is 4.79 Å². The summed E-state index contributed by atoms with van der Waals surface area (Å²) in [6, 6.07) is 0.244. The third-order valence-electron chi connectivity index (χ3n) is 4.48. The van der Waals surface area contributed by atoms with Gasteiger partial charge in [0, 0.05) is 30.6 Å². The molecule has 23 heavy (non-hydrogen) atoms. The number of nitrogens with zero attached hydrogens (tertiary/aromatic N) is 2. The minimum absolute atomic E-state index is 0. The lowest BCUT2D eigenvalue weighted by atomic mass is 9.93. The molecule has 1 aromatic rings. The van der Waals surface area contributed by atoms with Crippen molar-refractivity contribution < 1.29 is 4.79 Å². The van der Waals surface area contributed by atoms with Gasteiger partial charge in [0.15, 0.2) is 0 Å². The number of imidazole rings is 1. The molecule has 0 saturated carbocycles. The fourth-order valence-electron chi connectivity index (χ4n) is 3.13. The fraction of sp³-hybridized carbons (Fsp3) is 0.750. The van der Waals surface area contributed by atoms with Gasteiger partial charge in [0.2, 0.25) is 5.91 Å². The van der Waals surface area contributed by atoms with E-state index in [0.29, 0.717) is 0 Å². The van der Waals surface area contributed by atoms with Crippen LogP contribution in [0.3, 0.4) is 0 Å². The molecule has 7 heteroatoms. The van der Waals surface area contributed by atoms with Crippen LogP contribution in [0.2, 0.25) is 0 Å². The van der Waals surface area contributed by atoms with E-state index in [4.69, 9.17) is 4.98 Å². The summed E-state index contributed by atoms with van der Waals surface area (Å²) in [5, 5.41) is 6.46. The second kappa shape index (κ2) is 7.86. The van der Waals surface area contributed by atoms with Crippen molar-refractivity contribution in [3.63, 3.8) is 0 Å². The topological polar surface area (TPSA) is 59.0 Å². The van der Waals surface area contributed by atoms with Crippen molar-refractivity contribution in [2.45, 2.75) is 70.5 Å². The number of hydrogen-bond donors (Lipinski definition) is 2. The van der Waals surface area contributed by atoms with E-state index >= 15 is 0 Å². The number of rotatable bonds is 2. The minimum Gasteiger partial charge on any atom is -0.350 e. The van der Waals surface area contributed by atoms with E-state index in [1.807, 2.05) is 0 Å². The highest BCUT2D eigenvalue weighted by atomic mass is 35.5. The quantitative estimate of drug-likeness (QED) is 0.847. The zero-order valence-electron chi connectivity index (χ0n) is 14.1. The van der Waals surface area contributed by atoms with Gasteiger partial charge in [0.1, 0.15) is 5.82 Å². The van der Waals surface area contributed by atoms with E-state index in [-0.39, 0.29) is 48.2 Å². The fourth-order valence-corrected chi connectivity index (χ4v) is 3.13. The van der Waals surface area contributed by atoms with Gasteiger partial charge in [-0.1, -0.05) is 20.8 Å². The maximum atomic E-state index is 12.2. The van der Waals surface area contributed by atoms with E-state index in [2.05, 4.69) is 42.2 Å². The Morgan fingerprint density at radius 3 is 2.70 bits per heavy atom. The largest absolute Gasteiger partial charge is 0.350 e. The summed E-state index contributed by atoms with van der Waals surface area (Å²) in [6.07, 6.45) is 6.14. The van der Waals surface area contributed by atoms with Crippen LogP contribution in [0.15, 0.2) is 6.20 Å². The maximum Gasteiger partial charge on any atom is 0.237 e. The summed E-state index contributed by atoms with van der Waals surface area (Å²) in [4.78, 5) is 16.9. The van der Waals surface area contributed by atoms with Gasteiger partial charge in [-0.05, 0) is 25.8 Å². The van der Waals surface area contributed by atoms with Crippen molar-refractivity contribution in [3.05, 3.63) is 17.7 Å². The summed E-state index contributed by atoms with van der Waals surface area (Å²) in [6.45, 7) is 8.37. The third-order valence-corrected chi connectivity index (χ3v) is 4.48. The Bertz CT molecular complexity index is 533. The molecule has 2 atom stereocenters. The smallest absolute Gasteiger partial charge is 0.237 e. The van der Waals surface area contributed by atoms with Crippen molar-refractivity contribution in [3.8, 4) is 0 Å². The van der Waals surface area contributed by atoms with E-state index in [1.165, 1.54) is 0 Å². The molecular formula is C16H28Cl2N4O. The van der Waals surface area contributed by atoms with E-state index < -0.39 is 0 Å². The molecule has 0 bridgehead atoms. The molecule has 3 heterocycles. The molecule has 132 valence electrons. The predicted octanol–water partition coefficient (Wildman–Crippen LogP) is 2.21. The van der Waals surface area contributed by atoms with Gasteiger partial charge in [-0.15, -0.1) is 24.8 Å². The van der Waals surface area contributed by atoms with Gasteiger partial charge in [0.05, 0.1) is 11.7 Å². The van der Waals surface area contributed by atoms with E-state index in [9.17, 15) is 4.79 Å². The number of amides is 1. The van der Waals surface area contributed by atoms with E-state index in [1.54, 1.807) is 0 Å². The highest BCUT2D eigenvalue weighted by Gasteiger charge is 2.28. The number of aryl methyl sites for hydroxylation is 1. The predicted molar refractivity (Wildman–Crippen MR) is 96.7 cm³/mol. The Labute approximate surface area is 150 Å². The Morgan fingerprint density at radius 1 is 1.35 bits per heavy atom. The Hall–Kier alpha value is -0.780. The number of nitrogens with one attached hydrogen (secondary N) is 2. The van der Waals surface area contributed by atoms with Crippen molar-refractivity contribution in [2.24, 2.45) is 0 Å². The number of aromatic nitrogens is 2. The molecule has 2 N–H and O–H groups in total. The van der Waals surface area contributed by atoms with Crippen LogP contribution in [0.5, 0.6) is 0 Å². The maximum absolute atomic E-state index is 12.2. The Kier molecular flexibility index (Phi) is 6.93. The van der Waals surface area contributed by atoms with Gasteiger partial charge in [-0.2, -0.15) is 0 Å². The zero-order chi connectivity index (χ0) is 15.0. The van der Waals surface area contributed by atoms with E-state index in [0.717, 1.165) is 50.3 Å². The lowest BCUT2D eigenvalue weighted by molar-refractivity contribution is -0.123. The molecule has 0 spiro atoms. The monoisotopic (exact) mass is 362 g/mol. The van der Waals surface area contributed by atoms with Gasteiger partial charge in [-0.25, -0.2) is 4.98 Å². The summed E-state index contributed by atoms with van der Waals surface area (Å²) >= 11 is 0. The lowest BCUT2D eigenvalue weighted by Gasteiger charge is -2.26. The molecule has 1 aromatic heterocycles. The van der Waals surface area contributed by atoms with Gasteiger partial charge >= 0.3 is 0 Å². The first kappa shape index (κ1) is 20.3. The lowest BCUT2D eigenvalue weighted by Crippen LogP contribution is -2.47. The SMILES string of the molecule is CC(C)(C)c1cn2c(n1)CCC(NC(=O)C1CCCN1)C2.Cl.Cl. The molecule has 0 radical (unpaired) electrons. The first-order chi connectivity index (χ1) is 9.93. The molecule has 2 unspecified atom stereocenters. The van der Waals surface area contributed by atoms with Crippen LogP contribution in [0.25, 0.3) is 0 Å². The zero-order valence-corrected chi connectivity index (χ0v) is 15.7. The highest BCUT2D eigenvalue weighted by Crippen LogP contribution is 2.24. The minimum atomic E-state index is 0. The van der Waals surface area contributed by atoms with Crippen LogP contribution >= 0.6 is 24.8 Å².